The summed E-state index contributed by atoms with van der Waals surface area (Å²) in [7, 11) is -6.80. The van der Waals surface area contributed by atoms with Gasteiger partial charge in [-0.05, 0) is 71.2 Å². The van der Waals surface area contributed by atoms with Gasteiger partial charge in [-0.25, -0.2) is 0 Å². The van der Waals surface area contributed by atoms with Crippen LogP contribution in [0.2, 0.25) is 0 Å². The first-order chi connectivity index (χ1) is 24.3. The van der Waals surface area contributed by atoms with Gasteiger partial charge < -0.3 is 39.8 Å². The molecule has 3 aromatic rings. The topological polar surface area (TPSA) is 145 Å². The Kier molecular flexibility index (Phi) is 6.57. The Labute approximate surface area is 275 Å². The van der Waals surface area contributed by atoms with Crippen LogP contribution in [-0.4, -0.2) is 69.8 Å². The predicted molar refractivity (Wildman–Crippen MR) is 167 cm³/mol. The second-order valence-electron chi connectivity index (χ2n) is 9.98. The molecule has 232 valence electrons. The third kappa shape index (κ3) is 6.72. The number of anilines is 2. The van der Waals surface area contributed by atoms with Gasteiger partial charge >= 0.3 is 0 Å². The number of hydrogen-bond acceptors (Lipinski definition) is 8. The number of methoxy groups -OCH3 is 3. The largest absolute Gasteiger partial charge is 0.493 e. The quantitative estimate of drug-likeness (QED) is 0.297. The van der Waals surface area contributed by atoms with Crippen LogP contribution in [0.25, 0.3) is 0 Å². The van der Waals surface area contributed by atoms with Crippen molar-refractivity contribution in [1.29, 1.82) is 0 Å². The van der Waals surface area contributed by atoms with Crippen molar-refractivity contribution in [1.82, 2.24) is 10.2 Å². The molecule has 1 aliphatic heterocycles. The summed E-state index contributed by atoms with van der Waals surface area (Å²) in [6.45, 7) is 3.62. The number of aryl methyl sites for hydroxylation is 2. The average Bonchev–Trinajstić information content (AvgIpc) is 3.08. The molecular weight excluding hydrogens is 636 g/mol. The highest BCUT2D eigenvalue weighted by Gasteiger charge is 2.32. The predicted octanol–water partition coefficient (Wildman–Crippen LogP) is 4.67. The number of carbonyl (C=O) groups is 4. The molecule has 4 rings (SSSR count). The molecule has 4 amide bonds. The van der Waals surface area contributed by atoms with Crippen LogP contribution in [0.5, 0.6) is 28.7 Å². The normalized spacial score (nSPS) is 17.8. The molecule has 0 radical (unpaired) electrons. The molecule has 1 heterocycles. The van der Waals surface area contributed by atoms with Gasteiger partial charge in [-0.2, -0.15) is 0 Å². The molecule has 13 heteroatoms. The Balaban J connectivity index is 1.88. The number of fused-ring (bicyclic) bond motifs is 1. The Hall–Kier alpha value is -4.78. The van der Waals surface area contributed by atoms with Gasteiger partial charge in [-0.1, -0.05) is 6.07 Å². The molecule has 44 heavy (non-hydrogen) atoms. The first-order valence-corrected chi connectivity index (χ1v) is 13.6. The maximum Gasteiger partial charge on any atom is 0.257 e. The molecule has 0 aliphatic carbocycles. The fourth-order valence-corrected chi connectivity index (χ4v) is 4.96. The van der Waals surface area contributed by atoms with E-state index in [0.717, 1.165) is 17.2 Å². The second kappa shape index (κ2) is 13.2. The van der Waals surface area contributed by atoms with Crippen molar-refractivity contribution >= 4 is 50.9 Å². The van der Waals surface area contributed by atoms with Gasteiger partial charge in [0.1, 0.15) is 11.8 Å². The van der Waals surface area contributed by atoms with E-state index in [0.29, 0.717) is 5.75 Å². The standard InChI is InChI=1S/C31H33BrN4O8/c1-15-8-16(2)10-17(9-15)44-23-11-18-20(33-31(40)22(35-29(18)38)14-25(37)36(3)4)13-21(23)34-30(39)19-12-24(41-5)27(42-6)28(43-7)26(19)32/h8-13,22H,14H2,1-7H3,(H,33,40)(H,34,39)(H,35,38)/t22-/m0/s1/i5D3,6D3,7D3. The Morgan fingerprint density at radius 1 is 0.955 bits per heavy atom. The summed E-state index contributed by atoms with van der Waals surface area (Å²) in [6.07, 6.45) is -0.356. The molecule has 0 saturated carbocycles. The van der Waals surface area contributed by atoms with Gasteiger partial charge in [0.2, 0.25) is 17.6 Å². The van der Waals surface area contributed by atoms with Crippen LogP contribution < -0.4 is 34.9 Å². The molecule has 0 unspecified atom stereocenters. The lowest BCUT2D eigenvalue weighted by molar-refractivity contribution is -0.131. The van der Waals surface area contributed by atoms with Crippen LogP contribution in [0, 0.1) is 13.8 Å². The van der Waals surface area contributed by atoms with Crippen molar-refractivity contribution in [2.75, 3.05) is 45.8 Å². The molecule has 0 spiro atoms. The smallest absolute Gasteiger partial charge is 0.257 e. The lowest BCUT2D eigenvalue weighted by Crippen LogP contribution is -2.44. The number of hydrogen-bond donors (Lipinski definition) is 3. The molecular formula is C31H33BrN4O8. The summed E-state index contributed by atoms with van der Waals surface area (Å²) in [5.74, 6) is -5.58. The Morgan fingerprint density at radius 3 is 2.30 bits per heavy atom. The number of amides is 4. The minimum Gasteiger partial charge on any atom is -0.493 e. The summed E-state index contributed by atoms with van der Waals surface area (Å²) in [5, 5.41) is 7.64. The average molecular weight is 679 g/mol. The van der Waals surface area contributed by atoms with E-state index in [-0.39, 0.29) is 29.1 Å². The molecule has 1 atom stereocenters. The van der Waals surface area contributed by atoms with E-state index in [1.807, 2.05) is 19.9 Å². The number of nitrogens with one attached hydrogen (secondary N) is 3. The number of halogens is 1. The highest BCUT2D eigenvalue weighted by molar-refractivity contribution is 9.10. The zero-order valence-electron chi connectivity index (χ0n) is 32.8. The summed E-state index contributed by atoms with van der Waals surface area (Å²) in [6, 6.07) is 7.19. The van der Waals surface area contributed by atoms with Crippen molar-refractivity contribution in [3.05, 3.63) is 63.1 Å². The zero-order chi connectivity index (χ0) is 39.8. The van der Waals surface area contributed by atoms with Gasteiger partial charge in [0.25, 0.3) is 11.8 Å². The molecule has 0 bridgehead atoms. The van der Waals surface area contributed by atoms with E-state index in [1.165, 1.54) is 31.1 Å². The molecule has 0 saturated heterocycles. The molecule has 1 aliphatic rings. The minimum atomic E-state index is -3.26. The second-order valence-corrected chi connectivity index (χ2v) is 10.8. The van der Waals surface area contributed by atoms with E-state index >= 15 is 0 Å². The van der Waals surface area contributed by atoms with Crippen LogP contribution in [-0.2, 0) is 9.59 Å². The summed E-state index contributed by atoms with van der Waals surface area (Å²) in [5.41, 5.74) is 0.752. The van der Waals surface area contributed by atoms with Crippen molar-refractivity contribution in [2.45, 2.75) is 26.3 Å². The molecule has 3 N–H and O–H groups in total. The summed E-state index contributed by atoms with van der Waals surface area (Å²) < 4.78 is 88.7. The number of ether oxygens (including phenoxy) is 4. The Bertz CT molecular complexity index is 1950. The first kappa shape index (κ1) is 21.8. The molecule has 0 fully saturated rings. The van der Waals surface area contributed by atoms with Gasteiger partial charge in [0.05, 0.1) is 66.8 Å². The summed E-state index contributed by atoms with van der Waals surface area (Å²) >= 11 is 3.06. The highest BCUT2D eigenvalue weighted by atomic mass is 79.9. The number of carbonyl (C=O) groups excluding carboxylic acids is 4. The minimum absolute atomic E-state index is 0.0892. The van der Waals surface area contributed by atoms with E-state index in [4.69, 9.17) is 31.3 Å². The van der Waals surface area contributed by atoms with Crippen LogP contribution in [0.4, 0.5) is 11.4 Å². The fraction of sp³-hybridized carbons (Fsp3) is 0.290. The molecule has 3 aromatic carbocycles. The lowest BCUT2D eigenvalue weighted by Gasteiger charge is -2.19. The first-order valence-electron chi connectivity index (χ1n) is 17.3. The van der Waals surface area contributed by atoms with E-state index in [1.54, 1.807) is 12.1 Å². The summed E-state index contributed by atoms with van der Waals surface area (Å²) in [4.78, 5) is 54.3. The zero-order valence-corrected chi connectivity index (χ0v) is 25.4. The van der Waals surface area contributed by atoms with Crippen LogP contribution in [0.3, 0.4) is 0 Å². The van der Waals surface area contributed by atoms with Crippen molar-refractivity contribution in [3.63, 3.8) is 0 Å². The van der Waals surface area contributed by atoms with Crippen LogP contribution >= 0.6 is 15.9 Å². The van der Waals surface area contributed by atoms with Crippen molar-refractivity contribution < 1.29 is 50.5 Å². The number of rotatable bonds is 9. The maximum atomic E-state index is 14.0. The monoisotopic (exact) mass is 677 g/mol. The number of nitrogens with zero attached hydrogens (tertiary/aromatic N) is 1. The van der Waals surface area contributed by atoms with Gasteiger partial charge in [0, 0.05) is 14.1 Å². The fourth-order valence-electron chi connectivity index (χ4n) is 4.41. The maximum absolute atomic E-state index is 14.0. The lowest BCUT2D eigenvalue weighted by atomic mass is 10.1. The van der Waals surface area contributed by atoms with E-state index in [2.05, 4.69) is 31.9 Å². The molecule has 0 aromatic heterocycles. The third-order valence-electron chi connectivity index (χ3n) is 6.49. The van der Waals surface area contributed by atoms with Crippen LogP contribution in [0.15, 0.2) is 40.9 Å². The van der Waals surface area contributed by atoms with Gasteiger partial charge in [-0.3, -0.25) is 19.2 Å². The van der Waals surface area contributed by atoms with Crippen LogP contribution in [0.1, 0.15) is 50.6 Å². The van der Waals surface area contributed by atoms with Crippen molar-refractivity contribution in [2.24, 2.45) is 0 Å². The third-order valence-corrected chi connectivity index (χ3v) is 7.28. The van der Waals surface area contributed by atoms with Gasteiger partial charge in [-0.15, -0.1) is 0 Å². The number of benzene rings is 3. The van der Waals surface area contributed by atoms with Crippen molar-refractivity contribution in [3.8, 4) is 28.7 Å². The van der Waals surface area contributed by atoms with E-state index < -0.39 is 78.1 Å². The molecule has 12 nitrogen and oxygen atoms in total. The Morgan fingerprint density at radius 2 is 1.64 bits per heavy atom. The van der Waals surface area contributed by atoms with E-state index in [9.17, 15) is 19.2 Å². The van der Waals surface area contributed by atoms with Gasteiger partial charge in [0.15, 0.2) is 17.2 Å². The SMILES string of the molecule is [2H]C([2H])([2H])Oc1cc(C(=O)Nc2cc3c(cc2Oc2cc(C)cc(C)c2)C(=O)N[C@@H](CC(=O)N(C)C)C(=O)N3)c(Br)c(OC([2H])([2H])[2H])c1OC([2H])([2H])[2H]. The highest BCUT2D eigenvalue weighted by Crippen LogP contribution is 2.45.